The first-order chi connectivity index (χ1) is 7.15. The maximum absolute atomic E-state index is 13.4. The number of aliphatic hydroxyl groups excluding tert-OH is 1. The second kappa shape index (κ2) is 5.53. The summed E-state index contributed by atoms with van der Waals surface area (Å²) in [7, 11) is 0. The van der Waals surface area contributed by atoms with E-state index in [-0.39, 0.29) is 5.82 Å². The average molecular weight is 206 g/mol. The molecule has 0 aliphatic carbocycles. The van der Waals surface area contributed by atoms with Crippen molar-refractivity contribution in [3.05, 3.63) is 35.1 Å². The van der Waals surface area contributed by atoms with Gasteiger partial charge in [-0.1, -0.05) is 12.1 Å². The molecule has 0 heterocycles. The molecular formula is C13H15FO. The van der Waals surface area contributed by atoms with Crippen molar-refractivity contribution in [2.75, 3.05) is 0 Å². The maximum Gasteiger partial charge on any atom is 0.129 e. The number of terminal acetylenes is 1. The van der Waals surface area contributed by atoms with Crippen molar-refractivity contribution in [1.29, 1.82) is 0 Å². The number of unbranched alkanes of at least 4 members (excludes halogenated alkanes) is 1. The first-order valence-electron chi connectivity index (χ1n) is 5.02. The third kappa shape index (κ3) is 3.38. The molecule has 1 atom stereocenters. The second-order valence-electron chi connectivity index (χ2n) is 3.64. The zero-order chi connectivity index (χ0) is 11.3. The van der Waals surface area contributed by atoms with Crippen LogP contribution in [0.2, 0.25) is 0 Å². The molecule has 0 radical (unpaired) electrons. The zero-order valence-corrected chi connectivity index (χ0v) is 8.83. The molecule has 0 aliphatic rings. The molecule has 0 spiro atoms. The first-order valence-corrected chi connectivity index (χ1v) is 5.02. The first kappa shape index (κ1) is 11.7. The van der Waals surface area contributed by atoms with Crippen molar-refractivity contribution in [1.82, 2.24) is 0 Å². The van der Waals surface area contributed by atoms with Gasteiger partial charge in [-0.2, -0.15) is 0 Å². The van der Waals surface area contributed by atoms with Crippen molar-refractivity contribution in [3.63, 3.8) is 0 Å². The molecule has 1 rings (SSSR count). The number of aryl methyl sites for hydroxylation is 1. The molecule has 0 saturated carbocycles. The number of halogens is 1. The minimum atomic E-state index is -0.751. The highest BCUT2D eigenvalue weighted by Gasteiger charge is 2.11. The number of hydrogen-bond donors (Lipinski definition) is 1. The lowest BCUT2D eigenvalue weighted by molar-refractivity contribution is 0.160. The van der Waals surface area contributed by atoms with Gasteiger partial charge in [0, 0.05) is 12.0 Å². The lowest BCUT2D eigenvalue weighted by atomic mass is 10.0. The molecule has 0 amide bonds. The Morgan fingerprint density at radius 1 is 1.53 bits per heavy atom. The van der Waals surface area contributed by atoms with Crippen LogP contribution in [0, 0.1) is 25.1 Å². The Bertz CT molecular complexity index is 365. The summed E-state index contributed by atoms with van der Waals surface area (Å²) >= 11 is 0. The van der Waals surface area contributed by atoms with E-state index in [0.717, 1.165) is 5.56 Å². The highest BCUT2D eigenvalue weighted by molar-refractivity contribution is 5.25. The van der Waals surface area contributed by atoms with Gasteiger partial charge in [0.15, 0.2) is 0 Å². The maximum atomic E-state index is 13.4. The third-order valence-electron chi connectivity index (χ3n) is 2.31. The topological polar surface area (TPSA) is 20.2 Å². The molecule has 0 fully saturated rings. The van der Waals surface area contributed by atoms with E-state index >= 15 is 0 Å². The zero-order valence-electron chi connectivity index (χ0n) is 8.83. The average Bonchev–Trinajstić information content (AvgIpc) is 2.17. The summed E-state index contributed by atoms with van der Waals surface area (Å²) in [5.41, 5.74) is 1.21. The second-order valence-corrected chi connectivity index (χ2v) is 3.64. The largest absolute Gasteiger partial charge is 0.388 e. The Morgan fingerprint density at radius 3 is 2.87 bits per heavy atom. The standard InChI is InChI=1S/C13H15FO/c1-3-4-5-6-13(15)11-8-7-10(2)9-12(11)14/h1,7-9,13,15H,4-6H2,2H3. The van der Waals surface area contributed by atoms with Crippen LogP contribution in [0.25, 0.3) is 0 Å². The SMILES string of the molecule is C#CCCCC(O)c1ccc(C)cc1F. The summed E-state index contributed by atoms with van der Waals surface area (Å²) in [4.78, 5) is 0. The summed E-state index contributed by atoms with van der Waals surface area (Å²) in [5, 5.41) is 9.71. The lowest BCUT2D eigenvalue weighted by Crippen LogP contribution is -2.00. The van der Waals surface area contributed by atoms with E-state index < -0.39 is 6.10 Å². The highest BCUT2D eigenvalue weighted by atomic mass is 19.1. The fourth-order valence-electron chi connectivity index (χ4n) is 1.46. The van der Waals surface area contributed by atoms with E-state index in [9.17, 15) is 9.50 Å². The Morgan fingerprint density at radius 2 is 2.27 bits per heavy atom. The predicted molar refractivity (Wildman–Crippen MR) is 58.8 cm³/mol. The fourth-order valence-corrected chi connectivity index (χ4v) is 1.46. The van der Waals surface area contributed by atoms with Crippen LogP contribution in [0.15, 0.2) is 18.2 Å². The van der Waals surface area contributed by atoms with Gasteiger partial charge in [-0.05, 0) is 31.4 Å². The van der Waals surface area contributed by atoms with Crippen LogP contribution < -0.4 is 0 Å². The summed E-state index contributed by atoms with van der Waals surface area (Å²) in [6.07, 6.45) is 6.18. The van der Waals surface area contributed by atoms with Crippen LogP contribution >= 0.6 is 0 Å². The van der Waals surface area contributed by atoms with E-state index in [1.54, 1.807) is 12.1 Å². The molecular weight excluding hydrogens is 191 g/mol. The molecule has 1 N–H and O–H groups in total. The normalized spacial score (nSPS) is 12.1. The van der Waals surface area contributed by atoms with Gasteiger partial charge in [-0.25, -0.2) is 4.39 Å². The van der Waals surface area contributed by atoms with Crippen LogP contribution in [0.1, 0.15) is 36.5 Å². The molecule has 1 aromatic carbocycles. The summed E-state index contributed by atoms with van der Waals surface area (Å²) in [6.45, 7) is 1.82. The van der Waals surface area contributed by atoms with Crippen LogP contribution in [0.3, 0.4) is 0 Å². The van der Waals surface area contributed by atoms with Crippen molar-refractivity contribution >= 4 is 0 Å². The van der Waals surface area contributed by atoms with Gasteiger partial charge in [-0.15, -0.1) is 12.3 Å². The van der Waals surface area contributed by atoms with Gasteiger partial charge in [0.25, 0.3) is 0 Å². The van der Waals surface area contributed by atoms with Crippen molar-refractivity contribution in [2.45, 2.75) is 32.3 Å². The minimum absolute atomic E-state index is 0.344. The Balaban J connectivity index is 2.66. The molecule has 1 unspecified atom stereocenters. The number of benzene rings is 1. The van der Waals surface area contributed by atoms with E-state index in [2.05, 4.69) is 5.92 Å². The van der Waals surface area contributed by atoms with Crippen molar-refractivity contribution in [3.8, 4) is 12.3 Å². The van der Waals surface area contributed by atoms with Gasteiger partial charge in [-0.3, -0.25) is 0 Å². The minimum Gasteiger partial charge on any atom is -0.388 e. The number of aliphatic hydroxyl groups is 1. The Labute approximate surface area is 89.9 Å². The number of rotatable bonds is 4. The molecule has 0 aliphatic heterocycles. The highest BCUT2D eigenvalue weighted by Crippen LogP contribution is 2.22. The molecule has 1 aromatic rings. The quantitative estimate of drug-likeness (QED) is 0.593. The van der Waals surface area contributed by atoms with E-state index in [4.69, 9.17) is 6.42 Å². The molecule has 15 heavy (non-hydrogen) atoms. The van der Waals surface area contributed by atoms with Gasteiger partial charge >= 0.3 is 0 Å². The Hall–Kier alpha value is -1.33. The number of hydrogen-bond acceptors (Lipinski definition) is 1. The van der Waals surface area contributed by atoms with Gasteiger partial charge < -0.3 is 5.11 Å². The predicted octanol–water partition coefficient (Wildman–Crippen LogP) is 2.97. The smallest absolute Gasteiger partial charge is 0.129 e. The molecule has 2 heteroatoms. The van der Waals surface area contributed by atoms with Gasteiger partial charge in [0.1, 0.15) is 5.82 Å². The van der Waals surface area contributed by atoms with E-state index in [1.807, 2.05) is 6.92 Å². The molecule has 1 nitrogen and oxygen atoms in total. The van der Waals surface area contributed by atoms with Crippen LogP contribution in [0.4, 0.5) is 4.39 Å². The molecule has 0 saturated heterocycles. The summed E-state index contributed by atoms with van der Waals surface area (Å²) in [6, 6.07) is 4.85. The molecule has 0 bridgehead atoms. The third-order valence-corrected chi connectivity index (χ3v) is 2.31. The molecule has 0 aromatic heterocycles. The molecule has 80 valence electrons. The van der Waals surface area contributed by atoms with Crippen molar-refractivity contribution in [2.24, 2.45) is 0 Å². The van der Waals surface area contributed by atoms with Gasteiger partial charge in [0.05, 0.1) is 6.10 Å². The van der Waals surface area contributed by atoms with Crippen LogP contribution in [-0.2, 0) is 0 Å². The van der Waals surface area contributed by atoms with E-state index in [0.29, 0.717) is 24.8 Å². The fraction of sp³-hybridized carbons (Fsp3) is 0.385. The van der Waals surface area contributed by atoms with Crippen LogP contribution in [0.5, 0.6) is 0 Å². The lowest BCUT2D eigenvalue weighted by Gasteiger charge is -2.11. The monoisotopic (exact) mass is 206 g/mol. The summed E-state index contributed by atoms with van der Waals surface area (Å²) < 4.78 is 13.4. The van der Waals surface area contributed by atoms with Gasteiger partial charge in [0.2, 0.25) is 0 Å². The van der Waals surface area contributed by atoms with E-state index in [1.165, 1.54) is 6.07 Å². The van der Waals surface area contributed by atoms with Crippen LogP contribution in [-0.4, -0.2) is 5.11 Å². The summed E-state index contributed by atoms with van der Waals surface area (Å²) in [5.74, 6) is 2.15. The van der Waals surface area contributed by atoms with Crippen molar-refractivity contribution < 1.29 is 9.50 Å². The Kier molecular flexibility index (Phi) is 4.33.